The Labute approximate surface area is 109 Å². The smallest absolute Gasteiger partial charge is 0.151 e. The second-order valence-electron chi connectivity index (χ2n) is 4.72. The maximum absolute atomic E-state index is 5.03. The van der Waals surface area contributed by atoms with Crippen molar-refractivity contribution in [3.8, 4) is 0 Å². The fraction of sp³-hybridized carbons (Fsp3) is 0.692. The van der Waals surface area contributed by atoms with Crippen LogP contribution in [0.1, 0.15) is 18.5 Å². The van der Waals surface area contributed by atoms with Crippen molar-refractivity contribution in [1.29, 1.82) is 0 Å². The van der Waals surface area contributed by atoms with Crippen LogP contribution >= 0.6 is 0 Å². The normalized spacial score (nSPS) is 19.4. The SMILES string of the molecule is COCCNCC1CCCN1c1ccc(C)nn1. The van der Waals surface area contributed by atoms with Gasteiger partial charge in [-0.15, -0.1) is 5.10 Å². The Morgan fingerprint density at radius 2 is 2.33 bits per heavy atom. The average Bonchev–Trinajstić information content (AvgIpc) is 2.84. The van der Waals surface area contributed by atoms with Gasteiger partial charge >= 0.3 is 0 Å². The van der Waals surface area contributed by atoms with Gasteiger partial charge < -0.3 is 15.0 Å². The number of aryl methyl sites for hydroxylation is 1. The molecule has 2 rings (SSSR count). The lowest BCUT2D eigenvalue weighted by Gasteiger charge is -2.25. The first kappa shape index (κ1) is 13.2. The van der Waals surface area contributed by atoms with Crippen molar-refractivity contribution in [1.82, 2.24) is 15.5 Å². The van der Waals surface area contributed by atoms with Crippen molar-refractivity contribution in [2.24, 2.45) is 0 Å². The highest BCUT2D eigenvalue weighted by molar-refractivity contribution is 5.40. The number of nitrogens with zero attached hydrogens (tertiary/aromatic N) is 3. The summed E-state index contributed by atoms with van der Waals surface area (Å²) in [6.07, 6.45) is 2.45. The molecular formula is C13H22N4O. The number of methoxy groups -OCH3 is 1. The fourth-order valence-corrected chi connectivity index (χ4v) is 2.34. The van der Waals surface area contributed by atoms with E-state index in [1.54, 1.807) is 7.11 Å². The molecule has 18 heavy (non-hydrogen) atoms. The molecule has 1 saturated heterocycles. The van der Waals surface area contributed by atoms with Crippen LogP contribution in [-0.2, 0) is 4.74 Å². The molecule has 1 unspecified atom stereocenters. The lowest BCUT2D eigenvalue weighted by Crippen LogP contribution is -2.39. The van der Waals surface area contributed by atoms with Crippen LogP contribution in [-0.4, -0.2) is 49.6 Å². The van der Waals surface area contributed by atoms with Gasteiger partial charge in [-0.25, -0.2) is 0 Å². The lowest BCUT2D eigenvalue weighted by atomic mass is 10.2. The van der Waals surface area contributed by atoms with Crippen molar-refractivity contribution in [2.45, 2.75) is 25.8 Å². The highest BCUT2D eigenvalue weighted by Gasteiger charge is 2.25. The molecule has 0 saturated carbocycles. The van der Waals surface area contributed by atoms with Gasteiger partial charge in [-0.1, -0.05) is 0 Å². The van der Waals surface area contributed by atoms with E-state index in [0.29, 0.717) is 6.04 Å². The average molecular weight is 250 g/mol. The zero-order chi connectivity index (χ0) is 12.8. The minimum atomic E-state index is 0.527. The first-order valence-electron chi connectivity index (χ1n) is 6.58. The first-order chi connectivity index (χ1) is 8.81. The van der Waals surface area contributed by atoms with Crippen LogP contribution in [0.2, 0.25) is 0 Å². The molecule has 1 aromatic rings. The van der Waals surface area contributed by atoms with Gasteiger partial charge in [-0.3, -0.25) is 0 Å². The zero-order valence-corrected chi connectivity index (χ0v) is 11.2. The number of ether oxygens (including phenoxy) is 1. The molecule has 0 amide bonds. The van der Waals surface area contributed by atoms with Crippen molar-refractivity contribution < 1.29 is 4.74 Å². The van der Waals surface area contributed by atoms with Gasteiger partial charge in [0.25, 0.3) is 0 Å². The van der Waals surface area contributed by atoms with Gasteiger partial charge in [-0.2, -0.15) is 5.10 Å². The third-order valence-corrected chi connectivity index (χ3v) is 3.32. The van der Waals surface area contributed by atoms with Crippen molar-refractivity contribution in [2.75, 3.05) is 38.3 Å². The summed E-state index contributed by atoms with van der Waals surface area (Å²) in [5.74, 6) is 0.997. The molecular weight excluding hydrogens is 228 g/mol. The van der Waals surface area contributed by atoms with Gasteiger partial charge in [-0.05, 0) is 31.9 Å². The monoisotopic (exact) mass is 250 g/mol. The quantitative estimate of drug-likeness (QED) is 0.763. The molecule has 0 aliphatic carbocycles. The molecule has 5 heteroatoms. The fourth-order valence-electron chi connectivity index (χ4n) is 2.34. The molecule has 1 aliphatic heterocycles. The maximum Gasteiger partial charge on any atom is 0.151 e. The van der Waals surface area contributed by atoms with E-state index in [2.05, 4.69) is 26.5 Å². The van der Waals surface area contributed by atoms with E-state index in [1.807, 2.05) is 13.0 Å². The van der Waals surface area contributed by atoms with Crippen LogP contribution in [0.5, 0.6) is 0 Å². The summed E-state index contributed by atoms with van der Waals surface area (Å²) in [5.41, 5.74) is 0.965. The van der Waals surface area contributed by atoms with Gasteiger partial charge in [0, 0.05) is 32.8 Å². The Morgan fingerprint density at radius 1 is 1.44 bits per heavy atom. The summed E-state index contributed by atoms with van der Waals surface area (Å²) in [4.78, 5) is 2.35. The Balaban J connectivity index is 1.88. The second kappa shape index (κ2) is 6.66. The van der Waals surface area contributed by atoms with Gasteiger partial charge in [0.15, 0.2) is 5.82 Å². The molecule has 2 heterocycles. The minimum Gasteiger partial charge on any atom is -0.383 e. The van der Waals surface area contributed by atoms with Crippen LogP contribution in [0.4, 0.5) is 5.82 Å². The van der Waals surface area contributed by atoms with Crippen LogP contribution in [0, 0.1) is 6.92 Å². The summed E-state index contributed by atoms with van der Waals surface area (Å²) in [6, 6.07) is 4.62. The van der Waals surface area contributed by atoms with E-state index in [9.17, 15) is 0 Å². The van der Waals surface area contributed by atoms with Crippen molar-refractivity contribution >= 4 is 5.82 Å². The van der Waals surface area contributed by atoms with Gasteiger partial charge in [0.2, 0.25) is 0 Å². The molecule has 0 aromatic carbocycles. The van der Waals surface area contributed by atoms with E-state index in [0.717, 1.165) is 37.8 Å². The summed E-state index contributed by atoms with van der Waals surface area (Å²) < 4.78 is 5.03. The number of anilines is 1. The van der Waals surface area contributed by atoms with Crippen molar-refractivity contribution in [3.05, 3.63) is 17.8 Å². The Hall–Kier alpha value is -1.20. The van der Waals surface area contributed by atoms with Crippen LogP contribution in [0.25, 0.3) is 0 Å². The summed E-state index contributed by atoms with van der Waals surface area (Å²) in [7, 11) is 1.73. The van der Waals surface area contributed by atoms with Gasteiger partial charge in [0.1, 0.15) is 0 Å². The number of rotatable bonds is 6. The molecule has 1 aromatic heterocycles. The third kappa shape index (κ3) is 3.40. The second-order valence-corrected chi connectivity index (χ2v) is 4.72. The topological polar surface area (TPSA) is 50.3 Å². The van der Waals surface area contributed by atoms with Gasteiger partial charge in [0.05, 0.1) is 12.3 Å². The Kier molecular flexibility index (Phi) is 4.90. The Bertz CT molecular complexity index is 355. The number of aromatic nitrogens is 2. The highest BCUT2D eigenvalue weighted by atomic mass is 16.5. The molecule has 1 fully saturated rings. The molecule has 1 N–H and O–H groups in total. The van der Waals surface area contributed by atoms with E-state index in [4.69, 9.17) is 4.74 Å². The number of hydrogen-bond donors (Lipinski definition) is 1. The minimum absolute atomic E-state index is 0.527. The number of nitrogens with one attached hydrogen (secondary N) is 1. The number of hydrogen-bond acceptors (Lipinski definition) is 5. The van der Waals surface area contributed by atoms with E-state index in [-0.39, 0.29) is 0 Å². The molecule has 100 valence electrons. The molecule has 1 atom stereocenters. The van der Waals surface area contributed by atoms with Crippen LogP contribution in [0.3, 0.4) is 0 Å². The standard InChI is InChI=1S/C13H22N4O/c1-11-5-6-13(16-15-11)17-8-3-4-12(17)10-14-7-9-18-2/h5-6,12,14H,3-4,7-10H2,1-2H3. The first-order valence-corrected chi connectivity index (χ1v) is 6.58. The molecule has 1 aliphatic rings. The molecule has 0 radical (unpaired) electrons. The van der Waals surface area contributed by atoms with Crippen molar-refractivity contribution in [3.63, 3.8) is 0 Å². The van der Waals surface area contributed by atoms with E-state index in [1.165, 1.54) is 12.8 Å². The molecule has 5 nitrogen and oxygen atoms in total. The van der Waals surface area contributed by atoms with Crippen LogP contribution < -0.4 is 10.2 Å². The lowest BCUT2D eigenvalue weighted by molar-refractivity contribution is 0.199. The molecule has 0 bridgehead atoms. The molecule has 0 spiro atoms. The highest BCUT2D eigenvalue weighted by Crippen LogP contribution is 2.22. The zero-order valence-electron chi connectivity index (χ0n) is 11.2. The van der Waals surface area contributed by atoms with E-state index >= 15 is 0 Å². The summed E-state index contributed by atoms with van der Waals surface area (Å²) >= 11 is 0. The Morgan fingerprint density at radius 3 is 3.06 bits per heavy atom. The summed E-state index contributed by atoms with van der Waals surface area (Å²) in [5, 5.41) is 11.8. The predicted molar refractivity (Wildman–Crippen MR) is 71.9 cm³/mol. The third-order valence-electron chi connectivity index (χ3n) is 3.32. The predicted octanol–water partition coefficient (Wildman–Crippen LogP) is 0.990. The maximum atomic E-state index is 5.03. The van der Waals surface area contributed by atoms with Crippen LogP contribution in [0.15, 0.2) is 12.1 Å². The van der Waals surface area contributed by atoms with E-state index < -0.39 is 0 Å². The largest absolute Gasteiger partial charge is 0.383 e. The summed E-state index contributed by atoms with van der Waals surface area (Å²) in [6.45, 7) is 5.69.